The number of aromatic hydroxyl groups is 1. The van der Waals surface area contributed by atoms with Crippen LogP contribution >= 0.6 is 11.3 Å². The summed E-state index contributed by atoms with van der Waals surface area (Å²) < 4.78 is 31.4. The summed E-state index contributed by atoms with van der Waals surface area (Å²) in [7, 11) is -1.11. The van der Waals surface area contributed by atoms with Crippen LogP contribution in [0, 0.1) is 5.92 Å². The average Bonchev–Trinajstić information content (AvgIpc) is 3.54. The molecule has 1 unspecified atom stereocenters. The Morgan fingerprint density at radius 3 is 2.52 bits per heavy atom. The molecule has 1 saturated carbocycles. The lowest BCUT2D eigenvalue weighted by Crippen LogP contribution is -2.42. The van der Waals surface area contributed by atoms with Crippen molar-refractivity contribution >= 4 is 38.4 Å². The standard InChI is InChI=1S/C22H29N3O6S2/c1-4-14(16-9-13(10-31-16)12-7-5-6-8-12)23-17-18(21(28)20(17)27)24-15-11-32-22(19(15)26)33(29,30)25(2)3/h10-12,14,16,23-24,26H,4-9H2,1-3H3/t14-,16?/m1/s1. The van der Waals surface area contributed by atoms with Crippen molar-refractivity contribution in [3.05, 3.63) is 37.7 Å². The van der Waals surface area contributed by atoms with Gasteiger partial charge in [-0.25, -0.2) is 12.7 Å². The molecule has 0 radical (unpaired) electrons. The van der Waals surface area contributed by atoms with Crippen molar-refractivity contribution in [2.45, 2.75) is 61.8 Å². The molecule has 2 atom stereocenters. The highest BCUT2D eigenvalue weighted by Crippen LogP contribution is 2.41. The molecule has 1 aromatic heterocycles. The Labute approximate surface area is 196 Å². The number of nitrogens with zero attached hydrogens (tertiary/aromatic N) is 1. The highest BCUT2D eigenvalue weighted by atomic mass is 32.2. The van der Waals surface area contributed by atoms with Crippen LogP contribution < -0.4 is 21.5 Å². The highest BCUT2D eigenvalue weighted by molar-refractivity contribution is 7.91. The van der Waals surface area contributed by atoms with Crippen LogP contribution in [0.4, 0.5) is 17.1 Å². The normalized spacial score (nSPS) is 20.2. The molecular weight excluding hydrogens is 466 g/mol. The molecule has 1 aliphatic carbocycles. The summed E-state index contributed by atoms with van der Waals surface area (Å²) in [6.07, 6.45) is 8.08. The minimum absolute atomic E-state index is 0.0160. The summed E-state index contributed by atoms with van der Waals surface area (Å²) in [5.74, 6) is 0.0920. The number of sulfonamides is 1. The van der Waals surface area contributed by atoms with Crippen LogP contribution in [0.1, 0.15) is 45.4 Å². The maximum atomic E-state index is 12.4. The molecule has 4 rings (SSSR count). The molecule has 1 aromatic carbocycles. The molecule has 2 heterocycles. The predicted molar refractivity (Wildman–Crippen MR) is 129 cm³/mol. The third-order valence-corrected chi connectivity index (χ3v) is 9.85. The van der Waals surface area contributed by atoms with E-state index in [0.717, 1.165) is 22.1 Å². The Morgan fingerprint density at radius 2 is 1.88 bits per heavy atom. The molecule has 0 spiro atoms. The highest BCUT2D eigenvalue weighted by Gasteiger charge is 2.34. The topological polar surface area (TPSA) is 125 Å². The van der Waals surface area contributed by atoms with Crippen LogP contribution in [0.3, 0.4) is 0 Å². The third kappa shape index (κ3) is 4.29. The van der Waals surface area contributed by atoms with Crippen LogP contribution in [0.15, 0.2) is 31.0 Å². The zero-order chi connectivity index (χ0) is 23.9. The summed E-state index contributed by atoms with van der Waals surface area (Å²) in [4.78, 5) is 24.6. The largest absolute Gasteiger partial charge is 0.504 e. The Balaban J connectivity index is 1.49. The van der Waals surface area contributed by atoms with Gasteiger partial charge in [-0.2, -0.15) is 0 Å². The lowest BCUT2D eigenvalue weighted by molar-refractivity contribution is 0.147. The monoisotopic (exact) mass is 495 g/mol. The van der Waals surface area contributed by atoms with Gasteiger partial charge in [0.05, 0.1) is 18.0 Å². The van der Waals surface area contributed by atoms with E-state index in [2.05, 4.69) is 10.6 Å². The number of anilines is 3. The SMILES string of the molecule is CC[C@@H](Nc1c(Nc2csc(S(=O)(=O)N(C)C)c2O)c(=O)c1=O)C1CC(C2CCCC2)=CO1. The van der Waals surface area contributed by atoms with E-state index in [0.29, 0.717) is 12.3 Å². The van der Waals surface area contributed by atoms with E-state index in [9.17, 15) is 23.1 Å². The second-order valence-corrected chi connectivity index (χ2v) is 12.0. The first kappa shape index (κ1) is 23.8. The fourth-order valence-electron chi connectivity index (χ4n) is 4.50. The van der Waals surface area contributed by atoms with Crippen molar-refractivity contribution in [1.82, 2.24) is 4.31 Å². The Bertz CT molecular complexity index is 1230. The van der Waals surface area contributed by atoms with Gasteiger partial charge in [0.2, 0.25) is 0 Å². The van der Waals surface area contributed by atoms with Crippen LogP contribution in [0.2, 0.25) is 0 Å². The molecule has 33 heavy (non-hydrogen) atoms. The number of hydrogen-bond donors (Lipinski definition) is 3. The molecule has 2 aromatic rings. The lowest BCUT2D eigenvalue weighted by atomic mass is 9.92. The van der Waals surface area contributed by atoms with Gasteiger partial charge < -0.3 is 20.5 Å². The molecule has 180 valence electrons. The molecule has 3 N–H and O–H groups in total. The van der Waals surface area contributed by atoms with Crippen molar-refractivity contribution in [2.24, 2.45) is 5.92 Å². The smallest absolute Gasteiger partial charge is 0.255 e. The summed E-state index contributed by atoms with van der Waals surface area (Å²) >= 11 is 0.834. The number of ether oxygens (including phenoxy) is 1. The van der Waals surface area contributed by atoms with Gasteiger partial charge in [-0.05, 0) is 30.8 Å². The van der Waals surface area contributed by atoms with Gasteiger partial charge >= 0.3 is 0 Å². The van der Waals surface area contributed by atoms with E-state index in [1.54, 1.807) is 0 Å². The maximum absolute atomic E-state index is 12.4. The number of thiophene rings is 1. The van der Waals surface area contributed by atoms with Gasteiger partial charge in [-0.1, -0.05) is 19.8 Å². The summed E-state index contributed by atoms with van der Waals surface area (Å²) in [5.41, 5.74) is 0.167. The molecule has 1 aliphatic heterocycles. The number of rotatable bonds is 9. The van der Waals surface area contributed by atoms with Crippen molar-refractivity contribution < 1.29 is 18.3 Å². The van der Waals surface area contributed by atoms with E-state index < -0.39 is 26.6 Å². The van der Waals surface area contributed by atoms with Crippen molar-refractivity contribution in [2.75, 3.05) is 24.7 Å². The van der Waals surface area contributed by atoms with Gasteiger partial charge in [-0.15, -0.1) is 11.3 Å². The van der Waals surface area contributed by atoms with E-state index in [4.69, 9.17) is 4.74 Å². The number of nitrogens with one attached hydrogen (secondary N) is 2. The molecule has 1 fully saturated rings. The van der Waals surface area contributed by atoms with Crippen molar-refractivity contribution in [3.63, 3.8) is 0 Å². The molecule has 9 nitrogen and oxygen atoms in total. The lowest BCUT2D eigenvalue weighted by Gasteiger charge is -2.26. The average molecular weight is 496 g/mol. The summed E-state index contributed by atoms with van der Waals surface area (Å²) in [6.45, 7) is 1.98. The minimum atomic E-state index is -3.84. The van der Waals surface area contributed by atoms with E-state index in [1.807, 2.05) is 13.2 Å². The first-order chi connectivity index (χ1) is 15.6. The third-order valence-electron chi connectivity index (χ3n) is 6.55. The Morgan fingerprint density at radius 1 is 1.21 bits per heavy atom. The van der Waals surface area contributed by atoms with Crippen LogP contribution in [0.25, 0.3) is 0 Å². The molecule has 0 amide bonds. The first-order valence-corrected chi connectivity index (χ1v) is 13.4. The van der Waals surface area contributed by atoms with Crippen LogP contribution in [0.5, 0.6) is 5.75 Å². The van der Waals surface area contributed by atoms with Gasteiger partial charge in [0.25, 0.3) is 20.9 Å². The molecule has 11 heteroatoms. The molecule has 0 bridgehead atoms. The zero-order valence-electron chi connectivity index (χ0n) is 18.9. The van der Waals surface area contributed by atoms with E-state index in [1.165, 1.54) is 50.7 Å². The van der Waals surface area contributed by atoms with E-state index in [-0.39, 0.29) is 33.4 Å². The summed E-state index contributed by atoms with van der Waals surface area (Å²) in [6, 6.07) is -0.176. The Kier molecular flexibility index (Phi) is 6.56. The quantitative estimate of drug-likeness (QED) is 0.453. The minimum Gasteiger partial charge on any atom is -0.504 e. The van der Waals surface area contributed by atoms with Crippen molar-refractivity contribution in [3.8, 4) is 5.75 Å². The van der Waals surface area contributed by atoms with Gasteiger partial charge in [0.15, 0.2) is 9.96 Å². The van der Waals surface area contributed by atoms with Gasteiger partial charge in [0, 0.05) is 25.9 Å². The van der Waals surface area contributed by atoms with Crippen LogP contribution in [-0.2, 0) is 14.8 Å². The second kappa shape index (κ2) is 9.11. The fourth-order valence-corrected chi connectivity index (χ4v) is 6.88. The summed E-state index contributed by atoms with van der Waals surface area (Å²) in [5, 5.41) is 17.8. The Hall–Kier alpha value is -2.37. The zero-order valence-corrected chi connectivity index (χ0v) is 20.5. The maximum Gasteiger partial charge on any atom is 0.255 e. The van der Waals surface area contributed by atoms with Crippen molar-refractivity contribution in [1.29, 1.82) is 0 Å². The van der Waals surface area contributed by atoms with Gasteiger partial charge in [0.1, 0.15) is 17.5 Å². The predicted octanol–water partition coefficient (Wildman–Crippen LogP) is 3.10. The molecule has 0 saturated heterocycles. The molecular formula is C22H29N3O6S2. The second-order valence-electron chi connectivity index (χ2n) is 8.82. The number of hydrogen-bond acceptors (Lipinski definition) is 9. The fraction of sp³-hybridized carbons (Fsp3) is 0.545. The first-order valence-electron chi connectivity index (χ1n) is 11.1. The van der Waals surface area contributed by atoms with Gasteiger partial charge in [-0.3, -0.25) is 9.59 Å². The van der Waals surface area contributed by atoms with Crippen LogP contribution in [-0.4, -0.2) is 44.1 Å². The molecule has 2 aliphatic rings. The van der Waals surface area contributed by atoms with E-state index >= 15 is 0 Å².